The molecule has 2 aromatic rings. The van der Waals surface area contributed by atoms with Crippen LogP contribution in [0.25, 0.3) is 0 Å². The lowest BCUT2D eigenvalue weighted by molar-refractivity contribution is -0.127. The van der Waals surface area contributed by atoms with Crippen molar-refractivity contribution in [3.05, 3.63) is 59.9 Å². The maximum atomic E-state index is 13.3. The number of nitrogens with one attached hydrogen (secondary N) is 1. The Bertz CT molecular complexity index is 979. The first-order valence-corrected chi connectivity index (χ1v) is 9.13. The number of carbonyl (C=O) groups excluding carboxylic acids is 2. The van der Waals surface area contributed by atoms with E-state index in [9.17, 15) is 18.8 Å². The SMILES string of the molecule is CN1C(=O)C(CC(=O)Nc2cccc(C(=O)O)c2)SC1=Nc1cccc(F)c1. The first kappa shape index (κ1) is 19.6. The van der Waals surface area contributed by atoms with Crippen LogP contribution < -0.4 is 5.32 Å². The van der Waals surface area contributed by atoms with Gasteiger partial charge in [0.1, 0.15) is 11.1 Å². The van der Waals surface area contributed by atoms with Crippen molar-refractivity contribution < 1.29 is 23.9 Å². The third-order valence-corrected chi connectivity index (χ3v) is 5.17. The summed E-state index contributed by atoms with van der Waals surface area (Å²) in [5.74, 6) is -2.24. The highest BCUT2D eigenvalue weighted by atomic mass is 32.2. The van der Waals surface area contributed by atoms with Gasteiger partial charge in [0.05, 0.1) is 11.3 Å². The van der Waals surface area contributed by atoms with Gasteiger partial charge in [-0.2, -0.15) is 0 Å². The van der Waals surface area contributed by atoms with Crippen LogP contribution in [0.15, 0.2) is 53.5 Å². The molecular weight excluding hydrogens is 385 g/mol. The molecule has 144 valence electrons. The number of amides is 2. The van der Waals surface area contributed by atoms with Crippen molar-refractivity contribution in [2.45, 2.75) is 11.7 Å². The molecule has 28 heavy (non-hydrogen) atoms. The molecule has 0 bridgehead atoms. The Morgan fingerprint density at radius 3 is 2.71 bits per heavy atom. The van der Waals surface area contributed by atoms with Crippen molar-refractivity contribution >= 4 is 46.1 Å². The fraction of sp³-hybridized carbons (Fsp3) is 0.158. The molecule has 1 unspecified atom stereocenters. The minimum absolute atomic E-state index is 0.0494. The summed E-state index contributed by atoms with van der Waals surface area (Å²) in [6.07, 6.45) is -0.104. The van der Waals surface area contributed by atoms with Crippen molar-refractivity contribution in [3.8, 4) is 0 Å². The molecule has 2 amide bonds. The summed E-state index contributed by atoms with van der Waals surface area (Å²) in [4.78, 5) is 41.3. The summed E-state index contributed by atoms with van der Waals surface area (Å²) in [6.45, 7) is 0. The molecule has 1 heterocycles. The largest absolute Gasteiger partial charge is 0.478 e. The number of carboxylic acid groups (broad SMARTS) is 1. The predicted molar refractivity (Wildman–Crippen MR) is 104 cm³/mol. The summed E-state index contributed by atoms with van der Waals surface area (Å²) in [6, 6.07) is 11.5. The van der Waals surface area contributed by atoms with Gasteiger partial charge in [-0.05, 0) is 36.4 Å². The highest BCUT2D eigenvalue weighted by molar-refractivity contribution is 8.15. The quantitative estimate of drug-likeness (QED) is 0.802. The topological polar surface area (TPSA) is 99.1 Å². The minimum atomic E-state index is -1.10. The van der Waals surface area contributed by atoms with Crippen LogP contribution in [0.2, 0.25) is 0 Å². The van der Waals surface area contributed by atoms with Crippen LogP contribution >= 0.6 is 11.8 Å². The second kappa shape index (κ2) is 8.22. The lowest BCUT2D eigenvalue weighted by atomic mass is 10.2. The van der Waals surface area contributed by atoms with E-state index in [2.05, 4.69) is 10.3 Å². The average Bonchev–Trinajstić information content (AvgIpc) is 2.90. The highest BCUT2D eigenvalue weighted by Gasteiger charge is 2.37. The highest BCUT2D eigenvalue weighted by Crippen LogP contribution is 2.31. The number of carboxylic acids is 1. The van der Waals surface area contributed by atoms with E-state index >= 15 is 0 Å². The van der Waals surface area contributed by atoms with Crippen molar-refractivity contribution in [3.63, 3.8) is 0 Å². The number of amidine groups is 1. The Hall–Kier alpha value is -3.20. The van der Waals surface area contributed by atoms with E-state index in [0.29, 0.717) is 16.5 Å². The molecule has 1 fully saturated rings. The van der Waals surface area contributed by atoms with Gasteiger partial charge in [-0.3, -0.25) is 14.5 Å². The Balaban J connectivity index is 1.67. The number of benzene rings is 2. The summed E-state index contributed by atoms with van der Waals surface area (Å²) < 4.78 is 13.3. The molecular formula is C19H16FN3O4S. The van der Waals surface area contributed by atoms with Crippen LogP contribution in [0.3, 0.4) is 0 Å². The van der Waals surface area contributed by atoms with Crippen molar-refractivity contribution in [2.75, 3.05) is 12.4 Å². The normalized spacial score (nSPS) is 17.8. The van der Waals surface area contributed by atoms with E-state index in [0.717, 1.165) is 11.8 Å². The van der Waals surface area contributed by atoms with Gasteiger partial charge in [0.25, 0.3) is 0 Å². The Kier molecular flexibility index (Phi) is 5.74. The van der Waals surface area contributed by atoms with E-state index in [4.69, 9.17) is 5.11 Å². The van der Waals surface area contributed by atoms with Gasteiger partial charge >= 0.3 is 5.97 Å². The van der Waals surface area contributed by atoms with E-state index in [1.165, 1.54) is 41.3 Å². The van der Waals surface area contributed by atoms with Crippen molar-refractivity contribution in [2.24, 2.45) is 4.99 Å². The molecule has 0 aromatic heterocycles. The number of hydrogen-bond acceptors (Lipinski definition) is 5. The number of thioether (sulfide) groups is 1. The average molecular weight is 401 g/mol. The predicted octanol–water partition coefficient (Wildman–Crippen LogP) is 3.11. The molecule has 0 aliphatic carbocycles. The maximum Gasteiger partial charge on any atom is 0.335 e. The molecule has 0 spiro atoms. The zero-order valence-electron chi connectivity index (χ0n) is 14.8. The summed E-state index contributed by atoms with van der Waals surface area (Å²) in [5, 5.41) is 11.3. The zero-order chi connectivity index (χ0) is 20.3. The third-order valence-electron chi connectivity index (χ3n) is 3.94. The molecule has 7 nitrogen and oxygen atoms in total. The molecule has 2 aromatic carbocycles. The van der Waals surface area contributed by atoms with Gasteiger partial charge in [-0.1, -0.05) is 23.9 Å². The minimum Gasteiger partial charge on any atom is -0.478 e. The monoisotopic (exact) mass is 401 g/mol. The first-order valence-electron chi connectivity index (χ1n) is 8.25. The molecule has 0 radical (unpaired) electrons. The second-order valence-electron chi connectivity index (χ2n) is 6.02. The van der Waals surface area contributed by atoms with Crippen molar-refractivity contribution in [1.29, 1.82) is 0 Å². The number of carbonyl (C=O) groups is 3. The molecule has 1 aliphatic heterocycles. The molecule has 1 atom stereocenters. The van der Waals surface area contributed by atoms with Gasteiger partial charge in [0, 0.05) is 19.2 Å². The van der Waals surface area contributed by atoms with Gasteiger partial charge in [0.2, 0.25) is 11.8 Å². The second-order valence-corrected chi connectivity index (χ2v) is 7.19. The smallest absolute Gasteiger partial charge is 0.335 e. The Morgan fingerprint density at radius 2 is 2.00 bits per heavy atom. The maximum absolute atomic E-state index is 13.3. The summed E-state index contributed by atoms with van der Waals surface area (Å²) in [7, 11) is 1.54. The van der Waals surface area contributed by atoms with E-state index < -0.39 is 22.9 Å². The van der Waals surface area contributed by atoms with Crippen LogP contribution in [-0.4, -0.2) is 45.3 Å². The first-order chi connectivity index (χ1) is 13.3. The summed E-state index contributed by atoms with van der Waals surface area (Å²) in [5.41, 5.74) is 0.758. The van der Waals surface area contributed by atoms with Crippen LogP contribution in [0.1, 0.15) is 16.8 Å². The number of halogens is 1. The fourth-order valence-electron chi connectivity index (χ4n) is 2.56. The third kappa shape index (κ3) is 4.55. The molecule has 9 heteroatoms. The lowest BCUT2D eigenvalue weighted by Crippen LogP contribution is -2.30. The number of aliphatic imine (C=N–C) groups is 1. The van der Waals surface area contributed by atoms with Crippen molar-refractivity contribution in [1.82, 2.24) is 4.90 Å². The van der Waals surface area contributed by atoms with Gasteiger partial charge < -0.3 is 10.4 Å². The van der Waals surface area contributed by atoms with E-state index in [-0.39, 0.29) is 17.9 Å². The number of hydrogen-bond donors (Lipinski definition) is 2. The van der Waals surface area contributed by atoms with E-state index in [1.54, 1.807) is 19.2 Å². The van der Waals surface area contributed by atoms with E-state index in [1.807, 2.05) is 0 Å². The molecule has 1 saturated heterocycles. The Labute approximate surface area is 164 Å². The van der Waals surface area contributed by atoms with Crippen LogP contribution in [0.4, 0.5) is 15.8 Å². The lowest BCUT2D eigenvalue weighted by Gasteiger charge is -2.09. The molecule has 3 rings (SSSR count). The number of nitrogens with zero attached hydrogens (tertiary/aromatic N) is 2. The van der Waals surface area contributed by atoms with Crippen LogP contribution in [0, 0.1) is 5.82 Å². The zero-order valence-corrected chi connectivity index (χ0v) is 15.6. The van der Waals surface area contributed by atoms with Gasteiger partial charge in [0.15, 0.2) is 5.17 Å². The van der Waals surface area contributed by atoms with Gasteiger partial charge in [-0.25, -0.2) is 14.2 Å². The van der Waals surface area contributed by atoms with Gasteiger partial charge in [-0.15, -0.1) is 0 Å². The number of aromatic carboxylic acids is 1. The van der Waals surface area contributed by atoms with Crippen LogP contribution in [0.5, 0.6) is 0 Å². The standard InChI is InChI=1S/C19H16FN3O4S/c1-23-17(25)15(28-19(23)22-14-7-3-5-12(20)9-14)10-16(24)21-13-6-2-4-11(8-13)18(26)27/h2-9,15H,10H2,1H3,(H,21,24)(H,26,27). The fourth-order valence-corrected chi connectivity index (χ4v) is 3.72. The van der Waals surface area contributed by atoms with Crippen LogP contribution in [-0.2, 0) is 9.59 Å². The summed E-state index contributed by atoms with van der Waals surface area (Å²) >= 11 is 1.12. The molecule has 1 aliphatic rings. The number of rotatable bonds is 5. The molecule has 2 N–H and O–H groups in total. The Morgan fingerprint density at radius 1 is 1.25 bits per heavy atom. The number of anilines is 1. The molecule has 0 saturated carbocycles.